The third kappa shape index (κ3) is 6.82. The summed E-state index contributed by atoms with van der Waals surface area (Å²) in [4.78, 5) is 3.54. The molecule has 0 radical (unpaired) electrons. The van der Waals surface area contributed by atoms with Crippen LogP contribution in [0.25, 0.3) is 30.1 Å². The maximum absolute atomic E-state index is 10.7. The molecule has 1 aromatic heterocycles. The third-order valence-corrected chi connectivity index (χ3v) is 7.72. The second kappa shape index (κ2) is 7.87. The van der Waals surface area contributed by atoms with E-state index < -0.39 is 7.81 Å². The zero-order chi connectivity index (χ0) is 24.0. The van der Waals surface area contributed by atoms with E-state index in [9.17, 15) is 25.2 Å². The van der Waals surface area contributed by atoms with E-state index in [4.69, 9.17) is 0 Å². The van der Waals surface area contributed by atoms with Gasteiger partial charge in [-0.15, -0.1) is 0 Å². The average Bonchev–Trinajstić information content (AvgIpc) is 3.16. The summed E-state index contributed by atoms with van der Waals surface area (Å²) in [5, 5.41) is 4.85. The summed E-state index contributed by atoms with van der Waals surface area (Å²) in [5.74, 6) is 0. The van der Waals surface area contributed by atoms with Gasteiger partial charge in [-0.1, -0.05) is 0 Å². The van der Waals surface area contributed by atoms with E-state index in [1.54, 1.807) is 0 Å². The first-order valence-electron chi connectivity index (χ1n) is 9.28. The van der Waals surface area contributed by atoms with Gasteiger partial charge in [0.15, 0.2) is 0 Å². The van der Waals surface area contributed by atoms with E-state index in [0.29, 0.717) is 14.5 Å². The number of benzene rings is 2. The van der Waals surface area contributed by atoms with Crippen LogP contribution in [0.3, 0.4) is 0 Å². The molecule has 11 heteroatoms. The van der Waals surface area contributed by atoms with Crippen molar-refractivity contribution in [2.45, 2.75) is 0 Å². The fourth-order valence-corrected chi connectivity index (χ4v) is 6.33. The molecule has 1 aliphatic heterocycles. The summed E-state index contributed by atoms with van der Waals surface area (Å²) >= 11 is 2.15. The van der Waals surface area contributed by atoms with Gasteiger partial charge in [0, 0.05) is 0 Å². The van der Waals surface area contributed by atoms with E-state index in [2.05, 4.69) is 91.6 Å². The van der Waals surface area contributed by atoms with Crippen LogP contribution in [-0.4, -0.2) is 42.7 Å². The van der Waals surface area contributed by atoms with E-state index in [0.717, 1.165) is 0 Å². The van der Waals surface area contributed by atoms with Gasteiger partial charge in [-0.05, 0) is 0 Å². The van der Waals surface area contributed by atoms with Crippen LogP contribution in [0, 0.1) is 0 Å². The normalized spacial score (nSPS) is 13.8. The molecule has 2 aliphatic rings. The quantitative estimate of drug-likeness (QED) is 0.0831. The van der Waals surface area contributed by atoms with Gasteiger partial charge >= 0.3 is 192 Å². The van der Waals surface area contributed by atoms with Crippen molar-refractivity contribution in [1.82, 2.24) is 4.58 Å². The molecular weight excluding hydrogens is 536 g/mol. The third-order valence-electron chi connectivity index (χ3n) is 4.49. The first-order valence-corrected chi connectivity index (χ1v) is 13.9. The van der Waals surface area contributed by atoms with Crippen molar-refractivity contribution in [3.8, 4) is 20.4 Å². The molecule has 0 atom stereocenters. The summed E-state index contributed by atoms with van der Waals surface area (Å²) in [6.45, 7) is 0. The molecule has 0 amide bonds. The number of hydrogen-bond donors (Lipinski definition) is 0. The Kier molecular flexibility index (Phi) is 6.09. The molecule has 2 heterocycles. The van der Waals surface area contributed by atoms with E-state index in [1.165, 1.54) is 41.1 Å². The van der Waals surface area contributed by atoms with Crippen molar-refractivity contribution in [2.24, 2.45) is 0 Å². The molecule has 2 nitrogen and oxygen atoms in total. The number of rotatable bonds is 2. The van der Waals surface area contributed by atoms with Gasteiger partial charge in [0.1, 0.15) is 0 Å². The molecule has 0 saturated heterocycles. The van der Waals surface area contributed by atoms with Crippen molar-refractivity contribution < 1.29 is 25.2 Å². The molecule has 0 saturated carbocycles. The fourth-order valence-electron chi connectivity index (χ4n) is 3.11. The van der Waals surface area contributed by atoms with E-state index >= 15 is 0 Å². The predicted octanol–water partition coefficient (Wildman–Crippen LogP) is 7.21. The molecule has 0 bridgehead atoms. The van der Waals surface area contributed by atoms with Crippen LogP contribution in [0.15, 0.2) is 53.9 Å². The van der Waals surface area contributed by atoms with Crippen LogP contribution in [0.2, 0.25) is 0 Å². The molecule has 0 N–H and O–H groups in total. The van der Waals surface area contributed by atoms with Gasteiger partial charge < -0.3 is 0 Å². The van der Waals surface area contributed by atoms with Crippen LogP contribution in [0.1, 0.15) is 0 Å². The average molecular weight is 557 g/mol. The van der Waals surface area contributed by atoms with Crippen LogP contribution >= 0.6 is 19.1 Å². The first-order chi connectivity index (χ1) is 14.5. The Morgan fingerprint density at radius 3 is 2.09 bits per heavy atom. The van der Waals surface area contributed by atoms with Crippen LogP contribution in [-0.2, 0) is 0 Å². The van der Waals surface area contributed by atoms with Gasteiger partial charge in [0.25, 0.3) is 0 Å². The topological polar surface area (TPSA) is 6.25 Å². The number of nitrogens with zero attached hydrogens (tertiary/aromatic N) is 2. The number of halogens is 6. The standard InChI is InChI=1S/C21H21N2SSe.F6P/c1-22(2)14-7-9-16-19(12-14)25-20-13-15(23(3)4)8-10-17(20)21(16)18-6-5-11-24-18;1-7(2,3,4,5)6/h5-13H,1-4H3;/q+1;-1. The Morgan fingerprint density at radius 2 is 1.56 bits per heavy atom. The second-order valence-corrected chi connectivity index (χ2v) is 12.7. The summed E-state index contributed by atoms with van der Waals surface area (Å²) < 4.78 is 64.3. The minimum atomic E-state index is -10.7. The summed E-state index contributed by atoms with van der Waals surface area (Å²) in [6.07, 6.45) is 0. The van der Waals surface area contributed by atoms with E-state index in [1.807, 2.05) is 11.3 Å². The molecule has 1 aromatic carbocycles. The Morgan fingerprint density at radius 1 is 0.906 bits per heavy atom. The molecule has 1 aliphatic carbocycles. The summed E-state index contributed by atoms with van der Waals surface area (Å²) in [5.41, 5.74) is 4.07. The molecular formula is C21H21F6N2PSSe. The Hall–Kier alpha value is -1.86. The van der Waals surface area contributed by atoms with Crippen LogP contribution in [0.5, 0.6) is 0 Å². The summed E-state index contributed by atoms with van der Waals surface area (Å²) in [6, 6.07) is 18.2. The van der Waals surface area contributed by atoms with Gasteiger partial charge in [-0.3, -0.25) is 0 Å². The molecule has 0 fully saturated rings. The number of hydrogen-bond acceptors (Lipinski definition) is 2. The number of fused-ring (bicyclic) bond motifs is 2. The zero-order valence-corrected chi connectivity index (χ0v) is 21.0. The van der Waals surface area contributed by atoms with Gasteiger partial charge in [0.2, 0.25) is 0 Å². The summed E-state index contributed by atoms with van der Waals surface area (Å²) in [7, 11) is -2.21. The van der Waals surface area contributed by atoms with E-state index in [-0.39, 0.29) is 0 Å². The van der Waals surface area contributed by atoms with Gasteiger partial charge in [-0.2, -0.15) is 0 Å². The van der Waals surface area contributed by atoms with Crippen LogP contribution in [0.4, 0.5) is 30.9 Å². The van der Waals surface area contributed by atoms with Gasteiger partial charge in [-0.25, -0.2) is 0 Å². The molecule has 2 aromatic rings. The Bertz CT molecular complexity index is 1300. The fraction of sp³-hybridized carbons (Fsp3) is 0.190. The molecule has 32 heavy (non-hydrogen) atoms. The molecule has 174 valence electrons. The van der Waals surface area contributed by atoms with Crippen LogP contribution < -0.4 is 14.8 Å². The molecule has 0 unspecified atom stereocenters. The van der Waals surface area contributed by atoms with Crippen molar-refractivity contribution >= 4 is 49.0 Å². The minimum absolute atomic E-state index is 0.323. The molecule has 0 spiro atoms. The van der Waals surface area contributed by atoms with Crippen molar-refractivity contribution in [1.29, 1.82) is 0 Å². The van der Waals surface area contributed by atoms with Crippen molar-refractivity contribution in [3.63, 3.8) is 0 Å². The number of thiophene rings is 1. The monoisotopic (exact) mass is 558 g/mol. The molecule has 4 rings (SSSR count). The SMILES string of the molecule is CN(C)c1ccc2c(-c3cccs3)c3ccc(=[N+](C)C)cc-3[se]c2c1.F[P-](F)(F)(F)(F)F. The Labute approximate surface area is 191 Å². The van der Waals surface area contributed by atoms with Gasteiger partial charge in [0.05, 0.1) is 0 Å². The first kappa shape index (κ1) is 24.8. The van der Waals surface area contributed by atoms with Crippen molar-refractivity contribution in [2.75, 3.05) is 33.1 Å². The number of anilines is 1. The Balaban J connectivity index is 0.000000360. The predicted molar refractivity (Wildman–Crippen MR) is 126 cm³/mol. The zero-order valence-electron chi connectivity index (χ0n) is 17.6. The second-order valence-electron chi connectivity index (χ2n) is 7.56. The van der Waals surface area contributed by atoms with Crippen molar-refractivity contribution in [3.05, 3.63) is 59.3 Å². The maximum atomic E-state index is 9.87.